The standard InChI is InChI=1S/C16H14F4O/c1-2-11-3-5-12(6-4-11)10-21-13-7-8-14(15(17)9-13)16(18,19)20/h3-9H,2,10H2,1H3. The van der Waals surface area contributed by atoms with Crippen LogP contribution < -0.4 is 4.74 Å². The van der Waals surface area contributed by atoms with Crippen molar-refractivity contribution in [2.24, 2.45) is 0 Å². The molecule has 0 spiro atoms. The quantitative estimate of drug-likeness (QED) is 0.723. The molecule has 0 fully saturated rings. The van der Waals surface area contributed by atoms with Crippen molar-refractivity contribution in [2.75, 3.05) is 0 Å². The van der Waals surface area contributed by atoms with E-state index < -0.39 is 17.6 Å². The summed E-state index contributed by atoms with van der Waals surface area (Å²) < 4.78 is 55.9. The molecule has 0 N–H and O–H groups in total. The van der Waals surface area contributed by atoms with Gasteiger partial charge in [0, 0.05) is 6.07 Å². The highest BCUT2D eigenvalue weighted by Crippen LogP contribution is 2.32. The molecule has 0 aromatic heterocycles. The molecule has 0 aliphatic rings. The number of benzene rings is 2. The summed E-state index contributed by atoms with van der Waals surface area (Å²) in [5.41, 5.74) is 0.758. The lowest BCUT2D eigenvalue weighted by Crippen LogP contribution is -2.08. The molecule has 1 nitrogen and oxygen atoms in total. The molecule has 0 radical (unpaired) electrons. The number of aryl methyl sites for hydroxylation is 1. The van der Waals surface area contributed by atoms with Gasteiger partial charge in [0.15, 0.2) is 0 Å². The van der Waals surface area contributed by atoms with E-state index in [0.717, 1.165) is 24.1 Å². The number of ether oxygens (including phenoxy) is 1. The van der Waals surface area contributed by atoms with Gasteiger partial charge in [-0.1, -0.05) is 31.2 Å². The van der Waals surface area contributed by atoms with Gasteiger partial charge >= 0.3 is 6.18 Å². The Morgan fingerprint density at radius 1 is 0.952 bits per heavy atom. The van der Waals surface area contributed by atoms with E-state index in [0.29, 0.717) is 6.07 Å². The zero-order chi connectivity index (χ0) is 15.5. The summed E-state index contributed by atoms with van der Waals surface area (Å²) >= 11 is 0. The number of halogens is 4. The molecule has 2 aromatic rings. The van der Waals surface area contributed by atoms with E-state index >= 15 is 0 Å². The first-order valence-electron chi connectivity index (χ1n) is 6.47. The minimum atomic E-state index is -4.70. The Bertz CT molecular complexity index is 603. The van der Waals surface area contributed by atoms with E-state index in [9.17, 15) is 17.6 Å². The molecular formula is C16H14F4O. The maximum atomic E-state index is 13.4. The second-order valence-corrected chi connectivity index (χ2v) is 4.60. The molecule has 0 amide bonds. The number of hydrogen-bond acceptors (Lipinski definition) is 1. The summed E-state index contributed by atoms with van der Waals surface area (Å²) in [5, 5.41) is 0. The molecule has 2 rings (SSSR count). The van der Waals surface area contributed by atoms with Gasteiger partial charge in [-0.05, 0) is 29.7 Å². The van der Waals surface area contributed by atoms with Gasteiger partial charge in [-0.15, -0.1) is 0 Å². The summed E-state index contributed by atoms with van der Waals surface area (Å²) in [6, 6.07) is 10.2. The molecule has 0 saturated heterocycles. The van der Waals surface area contributed by atoms with Crippen molar-refractivity contribution in [3.63, 3.8) is 0 Å². The van der Waals surface area contributed by atoms with Crippen LogP contribution in [0.5, 0.6) is 5.75 Å². The Balaban J connectivity index is 2.05. The SMILES string of the molecule is CCc1ccc(COc2ccc(C(F)(F)F)c(F)c2)cc1. The molecule has 0 unspecified atom stereocenters. The molecule has 112 valence electrons. The largest absolute Gasteiger partial charge is 0.489 e. The molecule has 0 aliphatic carbocycles. The van der Waals surface area contributed by atoms with Crippen molar-refractivity contribution in [1.82, 2.24) is 0 Å². The van der Waals surface area contributed by atoms with Crippen LogP contribution in [0.15, 0.2) is 42.5 Å². The monoisotopic (exact) mass is 298 g/mol. The van der Waals surface area contributed by atoms with E-state index in [1.165, 1.54) is 5.56 Å². The Kier molecular flexibility index (Phi) is 4.50. The van der Waals surface area contributed by atoms with Gasteiger partial charge in [-0.2, -0.15) is 13.2 Å². The van der Waals surface area contributed by atoms with Crippen LogP contribution in [0, 0.1) is 5.82 Å². The zero-order valence-electron chi connectivity index (χ0n) is 11.4. The molecule has 0 heterocycles. The fourth-order valence-corrected chi connectivity index (χ4v) is 1.85. The third-order valence-corrected chi connectivity index (χ3v) is 3.08. The van der Waals surface area contributed by atoms with Gasteiger partial charge in [-0.3, -0.25) is 0 Å². The summed E-state index contributed by atoms with van der Waals surface area (Å²) in [7, 11) is 0. The fourth-order valence-electron chi connectivity index (χ4n) is 1.85. The predicted molar refractivity (Wildman–Crippen MR) is 71.6 cm³/mol. The highest BCUT2D eigenvalue weighted by molar-refractivity contribution is 5.31. The van der Waals surface area contributed by atoms with E-state index in [1.54, 1.807) is 0 Å². The van der Waals surface area contributed by atoms with Crippen molar-refractivity contribution in [3.05, 3.63) is 65.0 Å². The first-order valence-corrected chi connectivity index (χ1v) is 6.47. The van der Waals surface area contributed by atoms with Crippen molar-refractivity contribution < 1.29 is 22.3 Å². The normalized spacial score (nSPS) is 11.5. The van der Waals surface area contributed by atoms with Crippen molar-refractivity contribution >= 4 is 0 Å². The molecule has 21 heavy (non-hydrogen) atoms. The first-order chi connectivity index (χ1) is 9.90. The Labute approximate surface area is 120 Å². The highest BCUT2D eigenvalue weighted by Gasteiger charge is 2.34. The fraction of sp³-hybridized carbons (Fsp3) is 0.250. The third-order valence-electron chi connectivity index (χ3n) is 3.08. The van der Waals surface area contributed by atoms with Crippen LogP contribution in [-0.4, -0.2) is 0 Å². The molecule has 0 atom stereocenters. The van der Waals surface area contributed by atoms with Crippen molar-refractivity contribution in [1.29, 1.82) is 0 Å². The highest BCUT2D eigenvalue weighted by atomic mass is 19.4. The molecule has 2 aromatic carbocycles. The van der Waals surface area contributed by atoms with Gasteiger partial charge in [0.05, 0.1) is 5.56 Å². The molecule has 0 aliphatic heterocycles. The first kappa shape index (κ1) is 15.4. The summed E-state index contributed by atoms with van der Waals surface area (Å²) in [6.07, 6.45) is -3.77. The minimum absolute atomic E-state index is 0.0695. The second-order valence-electron chi connectivity index (χ2n) is 4.60. The van der Waals surface area contributed by atoms with E-state index in [1.807, 2.05) is 31.2 Å². The lowest BCUT2D eigenvalue weighted by atomic mass is 10.1. The Morgan fingerprint density at radius 2 is 1.57 bits per heavy atom. The zero-order valence-corrected chi connectivity index (χ0v) is 11.4. The smallest absolute Gasteiger partial charge is 0.419 e. The van der Waals surface area contributed by atoms with Gasteiger partial charge < -0.3 is 4.74 Å². The topological polar surface area (TPSA) is 9.23 Å². The lowest BCUT2D eigenvalue weighted by molar-refractivity contribution is -0.140. The van der Waals surface area contributed by atoms with Gasteiger partial charge in [-0.25, -0.2) is 4.39 Å². The minimum Gasteiger partial charge on any atom is -0.489 e. The van der Waals surface area contributed by atoms with Crippen LogP contribution in [0.2, 0.25) is 0 Å². The van der Waals surface area contributed by atoms with Crippen LogP contribution >= 0.6 is 0 Å². The maximum absolute atomic E-state index is 13.4. The summed E-state index contributed by atoms with van der Waals surface area (Å²) in [4.78, 5) is 0. The van der Waals surface area contributed by atoms with Crippen LogP contribution in [-0.2, 0) is 19.2 Å². The Morgan fingerprint density at radius 3 is 2.10 bits per heavy atom. The maximum Gasteiger partial charge on any atom is 0.419 e. The van der Waals surface area contributed by atoms with Crippen LogP contribution in [0.4, 0.5) is 17.6 Å². The predicted octanol–water partition coefficient (Wildman–Crippen LogP) is 4.99. The number of hydrogen-bond donors (Lipinski definition) is 0. The molecule has 0 bridgehead atoms. The number of alkyl halides is 3. The van der Waals surface area contributed by atoms with Gasteiger partial charge in [0.25, 0.3) is 0 Å². The average molecular weight is 298 g/mol. The summed E-state index contributed by atoms with van der Waals surface area (Å²) in [5.74, 6) is -1.26. The average Bonchev–Trinajstić information content (AvgIpc) is 2.44. The Hall–Kier alpha value is -2.04. The van der Waals surface area contributed by atoms with Crippen LogP contribution in [0.25, 0.3) is 0 Å². The van der Waals surface area contributed by atoms with Crippen molar-refractivity contribution in [2.45, 2.75) is 26.1 Å². The van der Waals surface area contributed by atoms with Gasteiger partial charge in [0.1, 0.15) is 18.2 Å². The van der Waals surface area contributed by atoms with Crippen LogP contribution in [0.3, 0.4) is 0 Å². The van der Waals surface area contributed by atoms with E-state index in [-0.39, 0.29) is 12.4 Å². The van der Waals surface area contributed by atoms with E-state index in [2.05, 4.69) is 0 Å². The third kappa shape index (κ3) is 3.97. The molecular weight excluding hydrogens is 284 g/mol. The van der Waals surface area contributed by atoms with E-state index in [4.69, 9.17) is 4.74 Å². The van der Waals surface area contributed by atoms with Crippen LogP contribution in [0.1, 0.15) is 23.6 Å². The second kappa shape index (κ2) is 6.16. The van der Waals surface area contributed by atoms with Crippen molar-refractivity contribution in [3.8, 4) is 5.75 Å². The lowest BCUT2D eigenvalue weighted by Gasteiger charge is -2.11. The molecule has 0 saturated carbocycles. The summed E-state index contributed by atoms with van der Waals surface area (Å²) in [6.45, 7) is 2.21. The van der Waals surface area contributed by atoms with Gasteiger partial charge in [0.2, 0.25) is 0 Å². The molecule has 5 heteroatoms. The number of rotatable bonds is 4.